The van der Waals surface area contributed by atoms with Gasteiger partial charge in [-0.1, -0.05) is 11.8 Å². The summed E-state index contributed by atoms with van der Waals surface area (Å²) in [5.74, 6) is -0.876. The molecular weight excluding hydrogens is 278 g/mol. The molecule has 7 heteroatoms. The van der Waals surface area contributed by atoms with Crippen molar-refractivity contribution in [2.24, 2.45) is 0 Å². The Hall–Kier alpha value is -1.60. The molecule has 0 aliphatic heterocycles. The summed E-state index contributed by atoms with van der Waals surface area (Å²) in [4.78, 5) is 19.6. The molecule has 0 atom stereocenters. The van der Waals surface area contributed by atoms with E-state index in [1.54, 1.807) is 6.20 Å². The summed E-state index contributed by atoms with van der Waals surface area (Å²) in [6.45, 7) is 5.71. The van der Waals surface area contributed by atoms with Crippen molar-refractivity contribution in [3.63, 3.8) is 0 Å². The van der Waals surface area contributed by atoms with Gasteiger partial charge in [-0.15, -0.1) is 0 Å². The van der Waals surface area contributed by atoms with Crippen LogP contribution in [-0.2, 0) is 16.1 Å². The minimum absolute atomic E-state index is 0.0169. The van der Waals surface area contributed by atoms with Crippen LogP contribution >= 0.6 is 11.8 Å². The number of pyridine rings is 1. The van der Waals surface area contributed by atoms with Crippen LogP contribution in [0.1, 0.15) is 12.5 Å². The van der Waals surface area contributed by atoms with Gasteiger partial charge in [-0.05, 0) is 25.5 Å². The maximum atomic E-state index is 10.7. The highest BCUT2D eigenvalue weighted by molar-refractivity contribution is 7.99. The number of aromatic nitrogens is 3. The van der Waals surface area contributed by atoms with Crippen LogP contribution in [0.2, 0.25) is 0 Å². The molecule has 0 spiro atoms. The van der Waals surface area contributed by atoms with E-state index < -0.39 is 5.97 Å². The van der Waals surface area contributed by atoms with Gasteiger partial charge in [0.1, 0.15) is 5.52 Å². The largest absolute Gasteiger partial charge is 0.481 e. The van der Waals surface area contributed by atoms with Crippen molar-refractivity contribution in [3.8, 4) is 0 Å². The molecule has 20 heavy (non-hydrogen) atoms. The van der Waals surface area contributed by atoms with E-state index in [0.717, 1.165) is 16.7 Å². The van der Waals surface area contributed by atoms with Crippen molar-refractivity contribution in [1.29, 1.82) is 0 Å². The number of carbonyl (C=O) groups is 1. The molecular formula is C13H17N3O3S. The van der Waals surface area contributed by atoms with Crippen molar-refractivity contribution < 1.29 is 14.6 Å². The summed E-state index contributed by atoms with van der Waals surface area (Å²) in [6.07, 6.45) is 1.78. The molecule has 0 unspecified atom stereocenters. The number of thioether (sulfide) groups is 1. The quantitative estimate of drug-likeness (QED) is 0.621. The van der Waals surface area contributed by atoms with Gasteiger partial charge >= 0.3 is 5.97 Å². The molecule has 0 fully saturated rings. The molecule has 2 rings (SSSR count). The Morgan fingerprint density at radius 3 is 3.05 bits per heavy atom. The Kier molecular flexibility index (Phi) is 4.97. The number of fused-ring (bicyclic) bond motifs is 1. The third-order valence-corrected chi connectivity index (χ3v) is 3.64. The molecule has 108 valence electrons. The maximum absolute atomic E-state index is 10.7. The first-order valence-corrected chi connectivity index (χ1v) is 7.35. The molecule has 0 saturated heterocycles. The lowest BCUT2D eigenvalue weighted by Crippen LogP contribution is -2.09. The number of hydrogen-bond donors (Lipinski definition) is 1. The molecule has 0 aromatic carbocycles. The number of hydrogen-bond acceptors (Lipinski definition) is 5. The van der Waals surface area contributed by atoms with Gasteiger partial charge in [0.2, 0.25) is 0 Å². The first-order chi connectivity index (χ1) is 9.61. The van der Waals surface area contributed by atoms with Gasteiger partial charge in [-0.3, -0.25) is 4.79 Å². The van der Waals surface area contributed by atoms with E-state index in [9.17, 15) is 4.79 Å². The molecule has 0 radical (unpaired) electrons. The van der Waals surface area contributed by atoms with Crippen LogP contribution in [0, 0.1) is 6.92 Å². The molecule has 2 heterocycles. The Balaban J connectivity index is 2.31. The Bertz CT molecular complexity index is 612. The number of aryl methyl sites for hydroxylation is 1. The van der Waals surface area contributed by atoms with E-state index in [-0.39, 0.29) is 5.75 Å². The van der Waals surface area contributed by atoms with Crippen LogP contribution in [0.25, 0.3) is 11.2 Å². The normalized spacial score (nSPS) is 11.1. The Morgan fingerprint density at radius 2 is 2.35 bits per heavy atom. The number of aliphatic carboxylic acids is 1. The van der Waals surface area contributed by atoms with Gasteiger partial charge in [-0.2, -0.15) is 0 Å². The lowest BCUT2D eigenvalue weighted by molar-refractivity contribution is -0.133. The van der Waals surface area contributed by atoms with Crippen LogP contribution in [-0.4, -0.2) is 44.6 Å². The van der Waals surface area contributed by atoms with Crippen LogP contribution in [0.5, 0.6) is 0 Å². The third-order valence-electron chi connectivity index (χ3n) is 2.67. The highest BCUT2D eigenvalue weighted by atomic mass is 32.2. The Morgan fingerprint density at radius 1 is 1.55 bits per heavy atom. The highest BCUT2D eigenvalue weighted by Gasteiger charge is 2.13. The van der Waals surface area contributed by atoms with Gasteiger partial charge in [0, 0.05) is 12.8 Å². The van der Waals surface area contributed by atoms with E-state index in [1.807, 2.05) is 24.5 Å². The number of ether oxygens (including phenoxy) is 1. The lowest BCUT2D eigenvalue weighted by Gasteiger charge is -2.07. The molecule has 0 bridgehead atoms. The first kappa shape index (κ1) is 14.8. The van der Waals surface area contributed by atoms with E-state index in [1.165, 1.54) is 11.8 Å². The van der Waals surface area contributed by atoms with Crippen molar-refractivity contribution in [2.75, 3.05) is 19.0 Å². The zero-order chi connectivity index (χ0) is 14.5. The predicted molar refractivity (Wildman–Crippen MR) is 77.1 cm³/mol. The van der Waals surface area contributed by atoms with Crippen LogP contribution in [0.15, 0.2) is 17.4 Å². The summed E-state index contributed by atoms with van der Waals surface area (Å²) in [5, 5.41) is 9.47. The van der Waals surface area contributed by atoms with Gasteiger partial charge in [0.05, 0.1) is 18.9 Å². The second-order valence-corrected chi connectivity index (χ2v) is 5.22. The molecule has 2 aromatic heterocycles. The second kappa shape index (κ2) is 6.71. The summed E-state index contributed by atoms with van der Waals surface area (Å²) in [7, 11) is 0. The molecule has 0 aliphatic carbocycles. The molecule has 0 saturated carbocycles. The van der Waals surface area contributed by atoms with Crippen molar-refractivity contribution in [1.82, 2.24) is 14.5 Å². The zero-order valence-corrected chi connectivity index (χ0v) is 12.3. The number of carboxylic acids is 1. The van der Waals surface area contributed by atoms with Crippen molar-refractivity contribution >= 4 is 28.9 Å². The predicted octanol–water partition coefficient (Wildman–Crippen LogP) is 1.95. The highest BCUT2D eigenvalue weighted by Crippen LogP contribution is 2.23. The summed E-state index contributed by atoms with van der Waals surface area (Å²) >= 11 is 1.20. The van der Waals surface area contributed by atoms with E-state index in [4.69, 9.17) is 9.84 Å². The molecule has 0 amide bonds. The fraction of sp³-hybridized carbons (Fsp3) is 0.462. The summed E-state index contributed by atoms with van der Waals surface area (Å²) in [6, 6.07) is 1.95. The molecule has 6 nitrogen and oxygen atoms in total. The SMILES string of the molecule is CCOCCn1c(SCC(=O)O)nc2cc(C)cnc21. The average Bonchev–Trinajstić information content (AvgIpc) is 2.74. The number of nitrogens with zero attached hydrogens (tertiary/aromatic N) is 3. The average molecular weight is 295 g/mol. The summed E-state index contributed by atoms with van der Waals surface area (Å²) < 4.78 is 7.27. The van der Waals surface area contributed by atoms with E-state index in [2.05, 4.69) is 9.97 Å². The summed E-state index contributed by atoms with van der Waals surface area (Å²) in [5.41, 5.74) is 2.58. The first-order valence-electron chi connectivity index (χ1n) is 6.37. The van der Waals surface area contributed by atoms with Gasteiger partial charge < -0.3 is 14.4 Å². The number of imidazole rings is 1. The van der Waals surface area contributed by atoms with E-state index in [0.29, 0.717) is 24.9 Å². The van der Waals surface area contributed by atoms with Gasteiger partial charge in [0.15, 0.2) is 10.8 Å². The van der Waals surface area contributed by atoms with Crippen LogP contribution < -0.4 is 0 Å². The van der Waals surface area contributed by atoms with Gasteiger partial charge in [-0.25, -0.2) is 9.97 Å². The molecule has 2 aromatic rings. The topological polar surface area (TPSA) is 77.2 Å². The third kappa shape index (κ3) is 3.49. The zero-order valence-electron chi connectivity index (χ0n) is 11.5. The number of carboxylic acid groups (broad SMARTS) is 1. The standard InChI is InChI=1S/C13H17N3O3S/c1-3-19-5-4-16-12-10(6-9(2)7-14-12)15-13(16)20-8-11(17)18/h6-7H,3-5,8H2,1-2H3,(H,17,18). The lowest BCUT2D eigenvalue weighted by atomic mass is 10.3. The van der Waals surface area contributed by atoms with Crippen LogP contribution in [0.3, 0.4) is 0 Å². The minimum atomic E-state index is -0.859. The molecule has 1 N–H and O–H groups in total. The fourth-order valence-corrected chi connectivity index (χ4v) is 2.58. The van der Waals surface area contributed by atoms with Crippen LogP contribution in [0.4, 0.5) is 0 Å². The Labute approximate surface area is 121 Å². The van der Waals surface area contributed by atoms with Crippen molar-refractivity contribution in [2.45, 2.75) is 25.5 Å². The second-order valence-electron chi connectivity index (χ2n) is 4.28. The van der Waals surface area contributed by atoms with E-state index >= 15 is 0 Å². The minimum Gasteiger partial charge on any atom is -0.481 e. The smallest absolute Gasteiger partial charge is 0.313 e. The number of rotatable bonds is 7. The van der Waals surface area contributed by atoms with Gasteiger partial charge in [0.25, 0.3) is 0 Å². The fourth-order valence-electron chi connectivity index (χ4n) is 1.83. The molecule has 0 aliphatic rings. The monoisotopic (exact) mass is 295 g/mol. The van der Waals surface area contributed by atoms with Crippen molar-refractivity contribution in [3.05, 3.63) is 17.8 Å². The maximum Gasteiger partial charge on any atom is 0.313 e.